The molecule has 0 aliphatic carbocycles. The van der Waals surface area contributed by atoms with Crippen molar-refractivity contribution < 1.29 is 4.74 Å². The van der Waals surface area contributed by atoms with E-state index in [0.717, 1.165) is 32.5 Å². The molecule has 0 saturated carbocycles. The second-order valence-corrected chi connectivity index (χ2v) is 5.93. The zero-order valence-corrected chi connectivity index (χ0v) is 13.8. The Labute approximate surface area is 130 Å². The van der Waals surface area contributed by atoms with Crippen LogP contribution in [0.25, 0.3) is 0 Å². The van der Waals surface area contributed by atoms with E-state index in [1.807, 2.05) is 43.3 Å². The highest BCUT2D eigenvalue weighted by Gasteiger charge is 2.00. The highest BCUT2D eigenvalue weighted by molar-refractivity contribution is 9.10. The van der Waals surface area contributed by atoms with Crippen LogP contribution in [-0.2, 0) is 0 Å². The molecule has 2 aromatic carbocycles. The van der Waals surface area contributed by atoms with E-state index in [0.29, 0.717) is 6.61 Å². The Balaban J connectivity index is 1.83. The van der Waals surface area contributed by atoms with Gasteiger partial charge in [-0.05, 0) is 58.7 Å². The van der Waals surface area contributed by atoms with Crippen LogP contribution < -0.4 is 10.1 Å². The fourth-order valence-corrected chi connectivity index (χ4v) is 2.63. The van der Waals surface area contributed by atoms with Gasteiger partial charge in [0.25, 0.3) is 0 Å². The largest absolute Gasteiger partial charge is 0.491 e. The summed E-state index contributed by atoms with van der Waals surface area (Å²) in [5, 5.41) is 3.33. The van der Waals surface area contributed by atoms with Crippen LogP contribution in [0, 0.1) is 6.92 Å². The van der Waals surface area contributed by atoms with Gasteiger partial charge in [0.1, 0.15) is 12.4 Å². The van der Waals surface area contributed by atoms with Crippen LogP contribution in [0.2, 0.25) is 0 Å². The minimum atomic E-state index is 0.629. The second kappa shape index (κ2) is 6.96. The Morgan fingerprint density at radius 1 is 1.11 bits per heavy atom. The molecular formula is C15H15Br2NO. The Morgan fingerprint density at radius 2 is 1.89 bits per heavy atom. The van der Waals surface area contributed by atoms with Crippen LogP contribution in [0.4, 0.5) is 5.69 Å². The first-order valence-electron chi connectivity index (χ1n) is 6.04. The van der Waals surface area contributed by atoms with E-state index in [4.69, 9.17) is 4.74 Å². The highest BCUT2D eigenvalue weighted by Crippen LogP contribution is 2.23. The third-order valence-corrected chi connectivity index (χ3v) is 3.87. The van der Waals surface area contributed by atoms with Gasteiger partial charge in [0, 0.05) is 21.2 Å². The van der Waals surface area contributed by atoms with Gasteiger partial charge in [-0.2, -0.15) is 0 Å². The quantitative estimate of drug-likeness (QED) is 0.731. The Bertz CT molecular complexity index is 558. The monoisotopic (exact) mass is 383 g/mol. The van der Waals surface area contributed by atoms with E-state index in [1.165, 1.54) is 0 Å². The maximum absolute atomic E-state index is 5.75. The van der Waals surface area contributed by atoms with E-state index in [2.05, 4.69) is 43.2 Å². The van der Waals surface area contributed by atoms with Crippen LogP contribution in [0.3, 0.4) is 0 Å². The standard InChI is InChI=1S/C15H15Br2NO/c1-11-10-12(16)6-7-15(11)19-9-8-18-14-5-3-2-4-13(14)17/h2-7,10,18H,8-9H2,1H3. The van der Waals surface area contributed by atoms with E-state index in [-0.39, 0.29) is 0 Å². The molecule has 19 heavy (non-hydrogen) atoms. The number of hydrogen-bond acceptors (Lipinski definition) is 2. The summed E-state index contributed by atoms with van der Waals surface area (Å²) in [6.45, 7) is 3.43. The molecule has 2 nitrogen and oxygen atoms in total. The second-order valence-electron chi connectivity index (χ2n) is 4.16. The van der Waals surface area contributed by atoms with Crippen molar-refractivity contribution >= 4 is 37.5 Å². The molecule has 0 spiro atoms. The average molecular weight is 385 g/mol. The molecule has 0 atom stereocenters. The summed E-state index contributed by atoms with van der Waals surface area (Å²) in [6, 6.07) is 14.1. The van der Waals surface area contributed by atoms with E-state index < -0.39 is 0 Å². The topological polar surface area (TPSA) is 21.3 Å². The van der Waals surface area contributed by atoms with Crippen LogP contribution in [-0.4, -0.2) is 13.2 Å². The molecule has 0 saturated heterocycles. The van der Waals surface area contributed by atoms with E-state index in [9.17, 15) is 0 Å². The molecule has 0 amide bonds. The lowest BCUT2D eigenvalue weighted by Crippen LogP contribution is -2.12. The van der Waals surface area contributed by atoms with Crippen molar-refractivity contribution in [1.82, 2.24) is 0 Å². The highest BCUT2D eigenvalue weighted by atomic mass is 79.9. The van der Waals surface area contributed by atoms with Crippen molar-refractivity contribution in [2.45, 2.75) is 6.92 Å². The number of benzene rings is 2. The Kier molecular flexibility index (Phi) is 5.28. The zero-order valence-electron chi connectivity index (χ0n) is 10.6. The number of aryl methyl sites for hydroxylation is 1. The molecule has 0 unspecified atom stereocenters. The van der Waals surface area contributed by atoms with Gasteiger partial charge in [0.15, 0.2) is 0 Å². The van der Waals surface area contributed by atoms with Gasteiger partial charge in [-0.25, -0.2) is 0 Å². The summed E-state index contributed by atoms with van der Waals surface area (Å²) >= 11 is 6.95. The minimum absolute atomic E-state index is 0.629. The van der Waals surface area contributed by atoms with Gasteiger partial charge in [0.2, 0.25) is 0 Å². The predicted octanol–water partition coefficient (Wildman–Crippen LogP) is 5.01. The first-order chi connectivity index (χ1) is 9.16. The predicted molar refractivity (Wildman–Crippen MR) is 87.0 cm³/mol. The summed E-state index contributed by atoms with van der Waals surface area (Å²) in [5.74, 6) is 0.928. The van der Waals surface area contributed by atoms with Crippen molar-refractivity contribution in [3.63, 3.8) is 0 Å². The molecule has 0 aromatic heterocycles. The van der Waals surface area contributed by atoms with Gasteiger partial charge in [0.05, 0.1) is 0 Å². The maximum atomic E-state index is 5.75. The molecule has 0 bridgehead atoms. The van der Waals surface area contributed by atoms with E-state index >= 15 is 0 Å². The summed E-state index contributed by atoms with van der Waals surface area (Å²) < 4.78 is 7.89. The lowest BCUT2D eigenvalue weighted by Gasteiger charge is -2.11. The number of rotatable bonds is 5. The third-order valence-electron chi connectivity index (χ3n) is 2.69. The third kappa shape index (κ3) is 4.25. The molecular weight excluding hydrogens is 370 g/mol. The summed E-state index contributed by atoms with van der Waals surface area (Å²) in [5.41, 5.74) is 2.22. The SMILES string of the molecule is Cc1cc(Br)ccc1OCCNc1ccccc1Br. The number of halogens is 2. The van der Waals surface area contributed by atoms with Crippen molar-refractivity contribution in [3.8, 4) is 5.75 Å². The molecule has 2 aromatic rings. The normalized spacial score (nSPS) is 10.3. The molecule has 0 aliphatic rings. The molecule has 4 heteroatoms. The molecule has 0 aliphatic heterocycles. The summed E-state index contributed by atoms with van der Waals surface area (Å²) in [7, 11) is 0. The fourth-order valence-electron chi connectivity index (χ4n) is 1.73. The zero-order chi connectivity index (χ0) is 13.7. The molecule has 0 fully saturated rings. The molecule has 0 radical (unpaired) electrons. The van der Waals surface area contributed by atoms with Crippen LogP contribution in [0.15, 0.2) is 51.4 Å². The lowest BCUT2D eigenvalue weighted by atomic mass is 10.2. The first-order valence-corrected chi connectivity index (χ1v) is 7.63. The van der Waals surface area contributed by atoms with Crippen molar-refractivity contribution in [1.29, 1.82) is 0 Å². The number of nitrogens with one attached hydrogen (secondary N) is 1. The van der Waals surface area contributed by atoms with Crippen molar-refractivity contribution in [2.24, 2.45) is 0 Å². The summed E-state index contributed by atoms with van der Waals surface area (Å²) in [4.78, 5) is 0. The maximum Gasteiger partial charge on any atom is 0.122 e. The van der Waals surface area contributed by atoms with Crippen LogP contribution in [0.1, 0.15) is 5.56 Å². The number of para-hydroxylation sites is 1. The molecule has 0 heterocycles. The lowest BCUT2D eigenvalue weighted by molar-refractivity contribution is 0.330. The van der Waals surface area contributed by atoms with Gasteiger partial charge in [-0.15, -0.1) is 0 Å². The van der Waals surface area contributed by atoms with Crippen molar-refractivity contribution in [3.05, 3.63) is 57.0 Å². The van der Waals surface area contributed by atoms with Crippen LogP contribution >= 0.6 is 31.9 Å². The average Bonchev–Trinajstić information content (AvgIpc) is 2.38. The minimum Gasteiger partial charge on any atom is -0.491 e. The molecule has 100 valence electrons. The Hall–Kier alpha value is -1.000. The number of ether oxygens (including phenoxy) is 1. The molecule has 1 N–H and O–H groups in total. The van der Waals surface area contributed by atoms with Gasteiger partial charge in [-0.1, -0.05) is 28.1 Å². The van der Waals surface area contributed by atoms with Gasteiger partial charge in [-0.3, -0.25) is 0 Å². The van der Waals surface area contributed by atoms with Gasteiger partial charge < -0.3 is 10.1 Å². The van der Waals surface area contributed by atoms with Crippen molar-refractivity contribution in [2.75, 3.05) is 18.5 Å². The molecule has 2 rings (SSSR count). The summed E-state index contributed by atoms with van der Waals surface area (Å²) in [6.07, 6.45) is 0. The van der Waals surface area contributed by atoms with E-state index in [1.54, 1.807) is 0 Å². The number of hydrogen-bond donors (Lipinski definition) is 1. The van der Waals surface area contributed by atoms with Gasteiger partial charge >= 0.3 is 0 Å². The number of anilines is 1. The first kappa shape index (κ1) is 14.4. The van der Waals surface area contributed by atoms with Crippen LogP contribution in [0.5, 0.6) is 5.75 Å². The smallest absolute Gasteiger partial charge is 0.122 e. The Morgan fingerprint density at radius 3 is 2.63 bits per heavy atom. The fraction of sp³-hybridized carbons (Fsp3) is 0.200.